The first-order chi connectivity index (χ1) is 5.34. The number of hydrogen-bond acceptors (Lipinski definition) is 2. The van der Waals surface area contributed by atoms with Gasteiger partial charge in [-0.3, -0.25) is 0 Å². The third-order valence-corrected chi connectivity index (χ3v) is 4.35. The Morgan fingerprint density at radius 2 is 2.55 bits per heavy atom. The summed E-state index contributed by atoms with van der Waals surface area (Å²) in [6, 6.07) is 2.05. The Labute approximate surface area is 84.5 Å². The van der Waals surface area contributed by atoms with Crippen LogP contribution < -0.4 is 0 Å². The number of thiophene rings is 1. The highest BCUT2D eigenvalue weighted by atomic mass is 79.9. The van der Waals surface area contributed by atoms with Crippen LogP contribution in [-0.4, -0.2) is 5.75 Å². The monoisotopic (exact) mass is 249 g/mol. The zero-order valence-corrected chi connectivity index (χ0v) is 9.61. The second kappa shape index (κ2) is 5.22. The van der Waals surface area contributed by atoms with Gasteiger partial charge in [-0.2, -0.15) is 0 Å². The highest BCUT2D eigenvalue weighted by Gasteiger charge is 2.00. The average molecular weight is 250 g/mol. The molecule has 0 aliphatic rings. The second-order valence-corrected chi connectivity index (χ2v) is 5.51. The zero-order chi connectivity index (χ0) is 8.10. The normalized spacial score (nSPS) is 10.4. The van der Waals surface area contributed by atoms with Gasteiger partial charge in [0.05, 0.1) is 3.79 Å². The van der Waals surface area contributed by atoms with Crippen LogP contribution in [0.25, 0.3) is 0 Å². The highest BCUT2D eigenvalue weighted by Crippen LogP contribution is 2.32. The first kappa shape index (κ1) is 9.62. The van der Waals surface area contributed by atoms with Crippen LogP contribution in [-0.2, 0) is 0 Å². The zero-order valence-electron chi connectivity index (χ0n) is 6.39. The van der Waals surface area contributed by atoms with Crippen molar-refractivity contribution in [2.75, 3.05) is 5.75 Å². The lowest BCUT2D eigenvalue weighted by Gasteiger charge is -1.96. The Balaban J connectivity index is 2.32. The van der Waals surface area contributed by atoms with Gasteiger partial charge < -0.3 is 0 Å². The summed E-state index contributed by atoms with van der Waals surface area (Å²) in [6.45, 7) is 2.22. The molecule has 0 saturated carbocycles. The van der Waals surface area contributed by atoms with Crippen molar-refractivity contribution in [2.45, 2.75) is 24.7 Å². The molecule has 0 aromatic carbocycles. The van der Waals surface area contributed by atoms with Crippen molar-refractivity contribution in [3.63, 3.8) is 0 Å². The van der Waals surface area contributed by atoms with E-state index in [0.29, 0.717) is 0 Å². The lowest BCUT2D eigenvalue weighted by Crippen LogP contribution is -1.75. The van der Waals surface area contributed by atoms with Crippen molar-refractivity contribution in [3.05, 3.63) is 15.2 Å². The molecule has 0 bridgehead atoms. The van der Waals surface area contributed by atoms with E-state index in [1.54, 1.807) is 11.3 Å². The smallest absolute Gasteiger partial charge is 0.0840 e. The third kappa shape index (κ3) is 3.18. The van der Waals surface area contributed by atoms with Crippen molar-refractivity contribution < 1.29 is 0 Å². The predicted molar refractivity (Wildman–Crippen MR) is 56.5 cm³/mol. The van der Waals surface area contributed by atoms with Gasteiger partial charge in [-0.25, -0.2) is 0 Å². The molecule has 0 amide bonds. The molecule has 1 heterocycles. The second-order valence-electron chi connectivity index (χ2n) is 2.20. The van der Waals surface area contributed by atoms with E-state index >= 15 is 0 Å². The summed E-state index contributed by atoms with van der Waals surface area (Å²) in [5.74, 6) is 1.22. The maximum Gasteiger partial charge on any atom is 0.0840 e. The van der Waals surface area contributed by atoms with E-state index in [1.165, 1.54) is 27.3 Å². The molecule has 0 atom stereocenters. The molecule has 0 spiro atoms. The van der Waals surface area contributed by atoms with E-state index in [1.807, 2.05) is 11.8 Å². The Hall–Kier alpha value is 0.530. The highest BCUT2D eigenvalue weighted by molar-refractivity contribution is 9.11. The van der Waals surface area contributed by atoms with Crippen molar-refractivity contribution in [1.82, 2.24) is 0 Å². The maximum absolute atomic E-state index is 3.48. The Morgan fingerprint density at radius 3 is 3.09 bits per heavy atom. The lowest BCUT2D eigenvalue weighted by atomic mass is 10.4. The Bertz CT molecular complexity index is 208. The molecule has 0 aliphatic heterocycles. The predicted octanol–water partition coefficient (Wildman–Crippen LogP) is 4.20. The van der Waals surface area contributed by atoms with Crippen LogP contribution in [0, 0.1) is 5.38 Å². The van der Waals surface area contributed by atoms with E-state index in [4.69, 9.17) is 0 Å². The first-order valence-corrected chi connectivity index (χ1v) is 6.22. The summed E-state index contributed by atoms with van der Waals surface area (Å²) in [4.78, 5) is 1.34. The summed E-state index contributed by atoms with van der Waals surface area (Å²) in [5.41, 5.74) is 0. The molecule has 0 fully saturated rings. The number of rotatable bonds is 4. The number of thioether (sulfide) groups is 1. The van der Waals surface area contributed by atoms with Gasteiger partial charge in [-0.1, -0.05) is 13.3 Å². The van der Waals surface area contributed by atoms with Crippen molar-refractivity contribution >= 4 is 39.0 Å². The molecule has 0 unspecified atom stereocenters. The lowest BCUT2D eigenvalue weighted by molar-refractivity contribution is 0.896. The molecule has 0 aliphatic carbocycles. The van der Waals surface area contributed by atoms with Crippen molar-refractivity contribution in [2.24, 2.45) is 0 Å². The van der Waals surface area contributed by atoms with Crippen LogP contribution in [0.5, 0.6) is 0 Å². The van der Waals surface area contributed by atoms with Crippen LogP contribution in [0.2, 0.25) is 0 Å². The van der Waals surface area contributed by atoms with Gasteiger partial charge in [-0.05, 0) is 34.2 Å². The molecule has 1 aromatic heterocycles. The Morgan fingerprint density at radius 1 is 1.73 bits per heavy atom. The van der Waals surface area contributed by atoms with Gasteiger partial charge >= 0.3 is 0 Å². The summed E-state index contributed by atoms with van der Waals surface area (Å²) in [6.07, 6.45) is 2.57. The van der Waals surface area contributed by atoms with Crippen LogP contribution in [0.3, 0.4) is 0 Å². The van der Waals surface area contributed by atoms with Crippen LogP contribution in [0.15, 0.2) is 14.7 Å². The minimum atomic E-state index is 1.22. The average Bonchev–Trinajstić information content (AvgIpc) is 2.37. The fourth-order valence-corrected chi connectivity index (χ4v) is 3.13. The molecule has 0 nitrogen and oxygen atoms in total. The van der Waals surface area contributed by atoms with E-state index in [-0.39, 0.29) is 0 Å². The minimum Gasteiger partial charge on any atom is -0.126 e. The maximum atomic E-state index is 3.48. The summed E-state index contributed by atoms with van der Waals surface area (Å²) >= 11 is 7.03. The van der Waals surface area contributed by atoms with Gasteiger partial charge in [0, 0.05) is 10.3 Å². The molecular weight excluding hydrogens is 240 g/mol. The van der Waals surface area contributed by atoms with E-state index in [2.05, 4.69) is 34.3 Å². The number of hydrogen-bond donors (Lipinski definition) is 0. The van der Waals surface area contributed by atoms with E-state index < -0.39 is 0 Å². The molecule has 0 saturated heterocycles. The third-order valence-electron chi connectivity index (χ3n) is 1.29. The molecule has 11 heavy (non-hydrogen) atoms. The van der Waals surface area contributed by atoms with Crippen LogP contribution in [0.1, 0.15) is 19.8 Å². The van der Waals surface area contributed by atoms with Crippen LogP contribution in [0.4, 0.5) is 0 Å². The molecule has 3 heteroatoms. The van der Waals surface area contributed by atoms with Crippen LogP contribution >= 0.6 is 39.0 Å². The number of halogens is 1. The molecule has 1 rings (SSSR count). The van der Waals surface area contributed by atoms with Gasteiger partial charge in [0.15, 0.2) is 0 Å². The quantitative estimate of drug-likeness (QED) is 0.570. The fraction of sp³-hybridized carbons (Fsp3) is 0.500. The molecular formula is C8H10BrS2. The summed E-state index contributed by atoms with van der Waals surface area (Å²) < 4.78 is 1.22. The fourth-order valence-electron chi connectivity index (χ4n) is 0.667. The van der Waals surface area contributed by atoms with E-state index in [9.17, 15) is 0 Å². The van der Waals surface area contributed by atoms with E-state index in [0.717, 1.165) is 0 Å². The van der Waals surface area contributed by atoms with Gasteiger partial charge in [-0.15, -0.1) is 23.1 Å². The van der Waals surface area contributed by atoms with Gasteiger partial charge in [0.1, 0.15) is 0 Å². The largest absolute Gasteiger partial charge is 0.126 e. The number of unbranched alkanes of at least 4 members (excludes halogenated alkanes) is 1. The Kier molecular flexibility index (Phi) is 4.57. The molecule has 61 valence electrons. The summed E-state index contributed by atoms with van der Waals surface area (Å²) in [7, 11) is 0. The standard InChI is InChI=1S/C8H10BrS2/c1-2-3-5-10-7-4-6-11-8(7)9/h4H,2-3,5H2,1H3. The van der Waals surface area contributed by atoms with Gasteiger partial charge in [0.25, 0.3) is 0 Å². The van der Waals surface area contributed by atoms with Gasteiger partial charge in [0.2, 0.25) is 0 Å². The summed E-state index contributed by atoms with van der Waals surface area (Å²) in [5, 5.41) is 3.10. The molecule has 1 aromatic rings. The molecule has 1 radical (unpaired) electrons. The SMILES string of the molecule is CCCCSc1c[c]sc1Br. The van der Waals surface area contributed by atoms with Crippen molar-refractivity contribution in [1.29, 1.82) is 0 Å². The minimum absolute atomic E-state index is 1.22. The topological polar surface area (TPSA) is 0 Å². The molecule has 0 N–H and O–H groups in total. The van der Waals surface area contributed by atoms with Crippen molar-refractivity contribution in [3.8, 4) is 0 Å². The first-order valence-electron chi connectivity index (χ1n) is 3.62.